The Morgan fingerprint density at radius 1 is 1.15 bits per heavy atom. The molecule has 4 aromatic rings. The molecule has 1 aliphatic carbocycles. The van der Waals surface area contributed by atoms with E-state index in [1.54, 1.807) is 48.8 Å². The van der Waals surface area contributed by atoms with Gasteiger partial charge in [-0.15, -0.1) is 11.3 Å². The maximum atomic E-state index is 14.1. The maximum Gasteiger partial charge on any atom is 0.262 e. The van der Waals surface area contributed by atoms with Crippen LogP contribution in [0.3, 0.4) is 0 Å². The molecular weight excluding hydrogens is 512 g/mol. The number of anilines is 1. The normalized spacial score (nSPS) is 22.6. The monoisotopic (exact) mass is 542 g/mol. The van der Waals surface area contributed by atoms with Crippen LogP contribution in [0, 0.1) is 6.92 Å². The van der Waals surface area contributed by atoms with Crippen LogP contribution in [0.15, 0.2) is 54.9 Å². The Labute approximate surface area is 229 Å². The van der Waals surface area contributed by atoms with Crippen LogP contribution in [-0.2, 0) is 10.3 Å². The van der Waals surface area contributed by atoms with E-state index in [0.717, 1.165) is 24.9 Å². The van der Waals surface area contributed by atoms with Crippen LogP contribution >= 0.6 is 11.3 Å². The van der Waals surface area contributed by atoms with E-state index in [4.69, 9.17) is 21.9 Å². The number of thiophene rings is 1. The molecular formula is C29H30N6O3S. The Balaban J connectivity index is 1.44. The number of amides is 1. The number of rotatable bonds is 5. The van der Waals surface area contributed by atoms with Gasteiger partial charge < -0.3 is 32.6 Å². The molecule has 1 amide bonds. The van der Waals surface area contributed by atoms with Gasteiger partial charge in [0.05, 0.1) is 15.6 Å². The molecule has 2 aliphatic rings. The molecule has 6 rings (SSSR count). The van der Waals surface area contributed by atoms with Crippen LogP contribution in [0.2, 0.25) is 0 Å². The summed E-state index contributed by atoms with van der Waals surface area (Å²) in [5, 5.41) is 7.11. The van der Waals surface area contributed by atoms with Gasteiger partial charge in [-0.1, -0.05) is 12.1 Å². The summed E-state index contributed by atoms with van der Waals surface area (Å²) in [4.78, 5) is 31.9. The molecule has 39 heavy (non-hydrogen) atoms. The van der Waals surface area contributed by atoms with Gasteiger partial charge in [0.2, 0.25) is 0 Å². The molecule has 2 aromatic carbocycles. The first-order chi connectivity index (χ1) is 18.8. The second kappa shape index (κ2) is 9.73. The van der Waals surface area contributed by atoms with Gasteiger partial charge in [0.1, 0.15) is 17.0 Å². The standard InChI is InChI=1S/C29H30N6O3S/c1-15-13-18(38-17-8-11-33-12-9-17)4-5-19(15)29(32)20-6-7-21(30)25-22(20)23(24(31)27(29)36)26(39-25)28(37)35-16-3-2-10-34-14-16/h4-9,11-13,16,24,34H,2-3,10,14,30-32H2,1H3,(H,35,37). The average molecular weight is 543 g/mol. The van der Waals surface area contributed by atoms with Crippen molar-refractivity contribution in [3.8, 4) is 11.5 Å². The summed E-state index contributed by atoms with van der Waals surface area (Å²) in [6.45, 7) is 3.53. The predicted molar refractivity (Wildman–Crippen MR) is 152 cm³/mol. The summed E-state index contributed by atoms with van der Waals surface area (Å²) in [7, 11) is 0. The number of piperidine rings is 1. The van der Waals surface area contributed by atoms with Crippen molar-refractivity contribution in [1.82, 2.24) is 15.6 Å². The predicted octanol–water partition coefficient (Wildman–Crippen LogP) is 3.25. The van der Waals surface area contributed by atoms with Crippen LogP contribution in [0.1, 0.15) is 50.8 Å². The number of hydrogen-bond acceptors (Lipinski definition) is 9. The Bertz CT molecular complexity index is 1600. The van der Waals surface area contributed by atoms with Crippen molar-refractivity contribution in [2.75, 3.05) is 18.8 Å². The van der Waals surface area contributed by atoms with E-state index in [1.807, 2.05) is 13.0 Å². The van der Waals surface area contributed by atoms with E-state index in [2.05, 4.69) is 15.6 Å². The average Bonchev–Trinajstić information content (AvgIpc) is 3.35. The van der Waals surface area contributed by atoms with Crippen molar-refractivity contribution in [2.45, 2.75) is 37.4 Å². The number of carbonyl (C=O) groups is 2. The summed E-state index contributed by atoms with van der Waals surface area (Å²) in [5.74, 6) is 0.632. The molecule has 0 spiro atoms. The van der Waals surface area contributed by atoms with Gasteiger partial charge in [-0.2, -0.15) is 0 Å². The molecule has 3 unspecified atom stereocenters. The van der Waals surface area contributed by atoms with Crippen LogP contribution < -0.4 is 32.6 Å². The summed E-state index contributed by atoms with van der Waals surface area (Å²) in [5.41, 5.74) is 21.5. The lowest BCUT2D eigenvalue weighted by molar-refractivity contribution is -0.124. The van der Waals surface area contributed by atoms with Gasteiger partial charge in [0.25, 0.3) is 5.91 Å². The number of aromatic nitrogens is 1. The van der Waals surface area contributed by atoms with E-state index < -0.39 is 11.6 Å². The van der Waals surface area contributed by atoms with Crippen LogP contribution in [0.4, 0.5) is 5.69 Å². The van der Waals surface area contributed by atoms with Gasteiger partial charge in [-0.05, 0) is 73.3 Å². The Kier molecular flexibility index (Phi) is 6.35. The minimum absolute atomic E-state index is 0.0140. The Hall–Kier alpha value is -3.83. The van der Waals surface area contributed by atoms with Crippen molar-refractivity contribution in [3.05, 3.63) is 82.0 Å². The Morgan fingerprint density at radius 3 is 2.64 bits per heavy atom. The molecule has 10 heteroatoms. The first-order valence-corrected chi connectivity index (χ1v) is 13.8. The number of nitrogens with zero attached hydrogens (tertiary/aromatic N) is 1. The third-order valence-electron chi connectivity index (χ3n) is 7.66. The number of nitrogen functional groups attached to an aromatic ring is 1. The summed E-state index contributed by atoms with van der Waals surface area (Å²) in [6, 6.07) is 11.4. The zero-order chi connectivity index (χ0) is 27.3. The third kappa shape index (κ3) is 4.16. The highest BCUT2D eigenvalue weighted by atomic mass is 32.1. The molecule has 1 fully saturated rings. The van der Waals surface area contributed by atoms with Gasteiger partial charge in [-0.25, -0.2) is 0 Å². The molecule has 200 valence electrons. The van der Waals surface area contributed by atoms with Crippen molar-refractivity contribution in [2.24, 2.45) is 11.5 Å². The molecule has 9 nitrogen and oxygen atoms in total. The lowest BCUT2D eigenvalue weighted by atomic mass is 9.69. The fourth-order valence-electron chi connectivity index (χ4n) is 5.74. The SMILES string of the molecule is Cc1cc(Oc2ccncc2)ccc1C1(N)C(=O)C(N)c2c(C(=O)NC3CCCNC3)sc3c(N)ccc1c23. The molecule has 8 N–H and O–H groups in total. The molecule has 3 heterocycles. The molecule has 1 aliphatic heterocycles. The number of ether oxygens (including phenoxy) is 1. The van der Waals surface area contributed by atoms with Gasteiger partial charge in [0, 0.05) is 41.6 Å². The first-order valence-electron chi connectivity index (χ1n) is 12.9. The van der Waals surface area contributed by atoms with Gasteiger partial charge >= 0.3 is 0 Å². The number of benzene rings is 2. The number of carbonyl (C=O) groups excluding carboxylic acids is 2. The fraction of sp³-hybridized carbons (Fsp3) is 0.276. The van der Waals surface area contributed by atoms with E-state index >= 15 is 0 Å². The largest absolute Gasteiger partial charge is 0.457 e. The van der Waals surface area contributed by atoms with Crippen LogP contribution in [0.5, 0.6) is 11.5 Å². The molecule has 2 aromatic heterocycles. The van der Waals surface area contributed by atoms with E-state index in [0.29, 0.717) is 55.4 Å². The number of pyridine rings is 1. The zero-order valence-corrected chi connectivity index (χ0v) is 22.3. The molecule has 1 saturated heterocycles. The third-order valence-corrected chi connectivity index (χ3v) is 8.91. The van der Waals surface area contributed by atoms with Crippen LogP contribution in [0.25, 0.3) is 10.1 Å². The number of Topliss-reactive ketones (excluding diaryl/α,β-unsaturated/α-hetero) is 1. The molecule has 0 bridgehead atoms. The van der Waals surface area contributed by atoms with Crippen molar-refractivity contribution < 1.29 is 14.3 Å². The van der Waals surface area contributed by atoms with E-state index in [1.165, 1.54) is 11.3 Å². The topological polar surface area (TPSA) is 158 Å². The minimum atomic E-state index is -1.53. The number of nitrogens with two attached hydrogens (primary N) is 3. The fourth-order valence-corrected chi connectivity index (χ4v) is 6.94. The smallest absolute Gasteiger partial charge is 0.262 e. The van der Waals surface area contributed by atoms with E-state index in [9.17, 15) is 9.59 Å². The Morgan fingerprint density at radius 2 is 1.92 bits per heavy atom. The number of aryl methyl sites for hydroxylation is 1. The number of nitrogens with one attached hydrogen (secondary N) is 2. The second-order valence-electron chi connectivity index (χ2n) is 10.2. The van der Waals surface area contributed by atoms with Crippen molar-refractivity contribution in [3.63, 3.8) is 0 Å². The van der Waals surface area contributed by atoms with Gasteiger partial charge in [0.15, 0.2) is 5.78 Å². The summed E-state index contributed by atoms with van der Waals surface area (Å²) < 4.78 is 6.66. The zero-order valence-electron chi connectivity index (χ0n) is 21.5. The summed E-state index contributed by atoms with van der Waals surface area (Å²) >= 11 is 1.27. The maximum absolute atomic E-state index is 14.1. The molecule has 0 saturated carbocycles. The summed E-state index contributed by atoms with van der Waals surface area (Å²) in [6.07, 6.45) is 5.18. The van der Waals surface area contributed by atoms with Crippen LogP contribution in [-0.4, -0.2) is 35.8 Å². The highest BCUT2D eigenvalue weighted by Gasteiger charge is 2.49. The minimum Gasteiger partial charge on any atom is -0.457 e. The lowest BCUT2D eigenvalue weighted by Gasteiger charge is -2.37. The first kappa shape index (κ1) is 25.4. The molecule has 3 atom stereocenters. The van der Waals surface area contributed by atoms with Gasteiger partial charge in [-0.3, -0.25) is 14.6 Å². The number of ketones is 1. The van der Waals surface area contributed by atoms with E-state index in [-0.39, 0.29) is 17.7 Å². The second-order valence-corrected chi connectivity index (χ2v) is 11.2. The highest BCUT2D eigenvalue weighted by molar-refractivity contribution is 7.21. The van der Waals surface area contributed by atoms with Crippen molar-refractivity contribution in [1.29, 1.82) is 0 Å². The quantitative estimate of drug-likeness (QED) is 0.240. The highest BCUT2D eigenvalue weighted by Crippen LogP contribution is 2.50. The number of hydrogen-bond donors (Lipinski definition) is 5. The molecule has 0 radical (unpaired) electrons. The van der Waals surface area contributed by atoms with Crippen molar-refractivity contribution >= 4 is 38.8 Å². The lowest BCUT2D eigenvalue weighted by Crippen LogP contribution is -2.53.